The molecule has 31 nitrogen and oxygen atoms in total. The van der Waals surface area contributed by atoms with Crippen LogP contribution < -0.4 is 5.32 Å². The summed E-state index contributed by atoms with van der Waals surface area (Å²) in [6.07, 6.45) is 29.8. The third kappa shape index (κ3) is 59.0. The number of rotatable bonds is 58. The summed E-state index contributed by atoms with van der Waals surface area (Å²) in [7, 11) is -5.12. The number of ketones is 1. The van der Waals surface area contributed by atoms with Crippen molar-refractivity contribution < 1.29 is 141 Å². The molecule has 15 atom stereocenters. The lowest BCUT2D eigenvalue weighted by Gasteiger charge is -2.31. The summed E-state index contributed by atoms with van der Waals surface area (Å²) in [6.45, 7) is 21.2. The third-order valence-corrected chi connectivity index (χ3v) is 17.0. The molecule has 118 heavy (non-hydrogen) atoms. The van der Waals surface area contributed by atoms with Gasteiger partial charge in [0.2, 0.25) is 5.91 Å². The zero-order valence-electron chi connectivity index (χ0n) is 70.4. The van der Waals surface area contributed by atoms with Gasteiger partial charge in [-0.3, -0.25) is 66.9 Å². The maximum atomic E-state index is 13.9. The minimum absolute atomic E-state index is 0.0599. The highest BCUT2D eigenvalue weighted by atomic mass is 32.3. The Bertz CT molecular complexity index is 3770. The Morgan fingerprint density at radius 1 is 0.373 bits per heavy atom. The number of amides is 1. The Kier molecular flexibility index (Phi) is 56.0. The topological polar surface area (TPSA) is 436 Å². The summed E-state index contributed by atoms with van der Waals surface area (Å²) in [5, 5.41) is 11.6. The van der Waals surface area contributed by atoms with Crippen molar-refractivity contribution in [3.63, 3.8) is 0 Å². The highest BCUT2D eigenvalue weighted by Crippen LogP contribution is 2.28. The summed E-state index contributed by atoms with van der Waals surface area (Å²) >= 11 is 0. The van der Waals surface area contributed by atoms with E-state index in [1.54, 1.807) is 85.1 Å². The van der Waals surface area contributed by atoms with Gasteiger partial charge in [-0.2, -0.15) is 8.42 Å². The summed E-state index contributed by atoms with van der Waals surface area (Å²) in [5.74, 6) is -11.3. The molecular weight excluding hydrogens is 1560 g/mol. The van der Waals surface area contributed by atoms with E-state index in [2.05, 4.69) is 5.32 Å². The van der Waals surface area contributed by atoms with Crippen LogP contribution >= 0.6 is 0 Å². The van der Waals surface area contributed by atoms with Crippen LogP contribution in [0.4, 0.5) is 0 Å². The summed E-state index contributed by atoms with van der Waals surface area (Å²) in [4.78, 5) is 172. The largest absolute Gasteiger partial charge is 0.478 e. The molecule has 0 saturated heterocycles. The van der Waals surface area contributed by atoms with Gasteiger partial charge < -0.3 is 62.5 Å². The maximum Gasteiger partial charge on any atom is 0.397 e. The summed E-state index contributed by atoms with van der Waals surface area (Å²) in [5.41, 5.74) is 0.217. The van der Waals surface area contributed by atoms with Crippen LogP contribution in [-0.4, -0.2) is 181 Å². The Morgan fingerprint density at radius 3 is 1.19 bits per heavy atom. The molecule has 32 heteroatoms. The zero-order valence-corrected chi connectivity index (χ0v) is 71.3. The summed E-state index contributed by atoms with van der Waals surface area (Å²) < 4.78 is 100. The van der Waals surface area contributed by atoms with Gasteiger partial charge in [-0.15, -0.1) is 0 Å². The number of carboxylic acid groups (broad SMARTS) is 1. The van der Waals surface area contributed by atoms with E-state index in [-0.39, 0.29) is 75.2 Å². The van der Waals surface area contributed by atoms with Crippen molar-refractivity contribution in [1.29, 1.82) is 0 Å². The minimum Gasteiger partial charge on any atom is -0.478 e. The average molecular weight is 1680 g/mol. The maximum absolute atomic E-state index is 13.9. The molecule has 0 rings (SSSR count). The Hall–Kier alpha value is -10.7. The number of hydrogen-bond donors (Lipinski definition) is 3. The van der Waals surface area contributed by atoms with Crippen molar-refractivity contribution >= 4 is 93.7 Å². The molecule has 0 heterocycles. The number of unbranched alkanes of at least 4 members (excludes halogenated alkanes) is 1. The molecule has 0 spiro atoms. The van der Waals surface area contributed by atoms with Gasteiger partial charge in [-0.25, -0.2) is 8.98 Å². The number of Topliss-reactive ketones (excluding diaryl/α,β-unsaturated/α-hetero) is 1. The zero-order chi connectivity index (χ0) is 89.3. The predicted octanol–water partition coefficient (Wildman–Crippen LogP) is 12.2. The van der Waals surface area contributed by atoms with Crippen LogP contribution in [0, 0.1) is 17.8 Å². The van der Waals surface area contributed by atoms with E-state index in [0.29, 0.717) is 32.2 Å². The second kappa shape index (κ2) is 61.6. The van der Waals surface area contributed by atoms with E-state index in [1.807, 2.05) is 38.2 Å². The molecule has 0 radical (unpaired) electrons. The van der Waals surface area contributed by atoms with E-state index in [0.717, 1.165) is 48.5 Å². The minimum atomic E-state index is -5.12. The molecule has 0 aromatic rings. The fourth-order valence-corrected chi connectivity index (χ4v) is 12.2. The van der Waals surface area contributed by atoms with Gasteiger partial charge >= 0.3 is 82.0 Å². The van der Waals surface area contributed by atoms with Crippen molar-refractivity contribution in [1.82, 2.24) is 5.32 Å². The number of aliphatic carboxylic acids is 1. The van der Waals surface area contributed by atoms with Crippen LogP contribution in [0.3, 0.4) is 0 Å². The van der Waals surface area contributed by atoms with Crippen LogP contribution in [0.2, 0.25) is 0 Å². The molecule has 0 saturated carbocycles. The normalized spacial score (nSPS) is 16.3. The monoisotopic (exact) mass is 1680 g/mol. The quantitative estimate of drug-likeness (QED) is 0.00968. The van der Waals surface area contributed by atoms with Crippen molar-refractivity contribution in [2.45, 2.75) is 274 Å². The van der Waals surface area contributed by atoms with E-state index in [4.69, 9.17) is 61.4 Å². The number of carbonyl (C=O) groups is 14. The van der Waals surface area contributed by atoms with E-state index in [9.17, 15) is 80.1 Å². The highest BCUT2D eigenvalue weighted by molar-refractivity contribution is 7.80. The SMILES string of the molecule is CC(=O)NCCCC(CC(C/C=C/C(CC(CC(C/C=C/C(CC(C/C=C/C(CC(CC(=O)C(C)C(C/C=C/C=C/C=C/C=C/C=C/C=C/C(OC(C)=O)C(C)C(OC(C)=O)C(C)/C=C/CC/C=C/C=C/C=C(\C)C(=O)O)OS(=O)(=O)O)OC(C)=O)OC(C)=O)OC(C)=O)OC(C)=O)OC(C)=O)OC(C)=O)OC(C)=O)OC(C)=O)OC(C)=O. The Balaban J connectivity index is 6.50. The first-order chi connectivity index (χ1) is 55.4. The number of carboxylic acids is 1. The fourth-order valence-electron chi connectivity index (χ4n) is 11.6. The van der Waals surface area contributed by atoms with Gasteiger partial charge in [0.15, 0.2) is 0 Å². The lowest BCUT2D eigenvalue weighted by atomic mass is 9.88. The molecule has 0 aliphatic rings. The van der Waals surface area contributed by atoms with Crippen molar-refractivity contribution in [2.75, 3.05) is 6.54 Å². The number of esters is 11. The molecule has 0 fully saturated rings. The first kappa shape index (κ1) is 107. The van der Waals surface area contributed by atoms with E-state index >= 15 is 0 Å². The van der Waals surface area contributed by atoms with Gasteiger partial charge in [-0.05, 0) is 63.3 Å². The standard InChI is InChI=1S/C86H121NO30S/c1-57(39-31-27-23-22-24-28-32-40-58(2)86(101)102)85(116-72(16)99)60(4)83(115-71(15)98)48-33-29-25-20-18-17-19-21-26-30-34-49-84(117-118(103,104)105)59(3)82(100)56-81(114-70(14)97)55-78(111-67(11)94)46-37-42-74(107-63(7)90)51-73(106-62(6)89)41-35-44-76(109-65(9)92)53-80(113-69(13)96)54-77(110-66(10)93)45-36-43-75(108-64(8)91)52-79(112-68(12)95)47-38-50-87-61(5)88/h17-22,24-26,28-37,39-41,45-46,48,57,59-60,73-81,83-85H,23,27,38,42-44,47,49-56H2,1-16H3,(H,87,88)(H,101,102)(H,103,104,105)/b19-17+,20-18+,24-22+,26-21+,29-25+,32-28+,34-30+,39-31+,41-35+,45-36+,46-37+,48-33+,58-40+. The van der Waals surface area contributed by atoms with Crippen LogP contribution in [0.15, 0.2) is 157 Å². The van der Waals surface area contributed by atoms with Gasteiger partial charge in [0.1, 0.15) is 72.9 Å². The summed E-state index contributed by atoms with van der Waals surface area (Å²) in [6, 6.07) is 0. The third-order valence-electron chi connectivity index (χ3n) is 16.5. The smallest absolute Gasteiger partial charge is 0.397 e. The van der Waals surface area contributed by atoms with Gasteiger partial charge in [0, 0.05) is 171 Å². The number of ether oxygens (including phenoxy) is 11. The van der Waals surface area contributed by atoms with Crippen LogP contribution in [-0.2, 0) is 134 Å². The van der Waals surface area contributed by atoms with Gasteiger partial charge in [0.25, 0.3) is 0 Å². The highest BCUT2D eigenvalue weighted by Gasteiger charge is 2.35. The second-order valence-corrected chi connectivity index (χ2v) is 28.6. The first-order valence-electron chi connectivity index (χ1n) is 38.7. The van der Waals surface area contributed by atoms with Crippen LogP contribution in [0.1, 0.15) is 201 Å². The molecule has 0 aromatic heterocycles. The van der Waals surface area contributed by atoms with E-state index < -0.39 is 179 Å². The second-order valence-electron chi connectivity index (χ2n) is 27.6. The number of nitrogens with one attached hydrogen (secondary N) is 1. The van der Waals surface area contributed by atoms with Crippen molar-refractivity contribution in [3.05, 3.63) is 157 Å². The van der Waals surface area contributed by atoms with Gasteiger partial charge in [0.05, 0.1) is 6.10 Å². The molecule has 0 aliphatic heterocycles. The van der Waals surface area contributed by atoms with Gasteiger partial charge in [-0.1, -0.05) is 148 Å². The van der Waals surface area contributed by atoms with E-state index in [1.165, 1.54) is 91.0 Å². The number of allylic oxidation sites excluding steroid dienone is 16. The van der Waals surface area contributed by atoms with Crippen molar-refractivity contribution in [3.8, 4) is 0 Å². The number of carbonyl (C=O) groups excluding carboxylic acids is 13. The lowest BCUT2D eigenvalue weighted by Crippen LogP contribution is -2.38. The lowest BCUT2D eigenvalue weighted by molar-refractivity contribution is -0.159. The molecule has 0 aliphatic carbocycles. The molecule has 0 bridgehead atoms. The van der Waals surface area contributed by atoms with Crippen molar-refractivity contribution in [2.24, 2.45) is 17.8 Å². The van der Waals surface area contributed by atoms with Crippen LogP contribution in [0.25, 0.3) is 0 Å². The molecule has 15 unspecified atom stereocenters. The molecular formula is C86H121NO30S. The first-order valence-corrected chi connectivity index (χ1v) is 40.0. The molecule has 1 amide bonds. The molecule has 0 aromatic carbocycles. The fraction of sp³-hybridized carbons (Fsp3) is 0.535. The Morgan fingerprint density at radius 2 is 0.746 bits per heavy atom. The Labute approximate surface area is 693 Å². The molecule has 656 valence electrons. The van der Waals surface area contributed by atoms with Crippen LogP contribution in [0.5, 0.6) is 0 Å². The average Bonchev–Trinajstić information content (AvgIpc) is 0.858. The predicted molar refractivity (Wildman–Crippen MR) is 434 cm³/mol. The molecule has 3 N–H and O–H groups in total. The number of hydrogen-bond acceptors (Lipinski definition) is 28.